The van der Waals surface area contributed by atoms with E-state index < -0.39 is 0 Å². The first-order valence-electron chi connectivity index (χ1n) is 3.10. The summed E-state index contributed by atoms with van der Waals surface area (Å²) in [5, 5.41) is 6.12. The van der Waals surface area contributed by atoms with Crippen molar-refractivity contribution in [2.45, 2.75) is 25.8 Å². The van der Waals surface area contributed by atoms with Gasteiger partial charge in [0.05, 0.1) is 6.04 Å². The predicted molar refractivity (Wildman–Crippen MR) is 35.0 cm³/mol. The zero-order chi connectivity index (χ0) is 5.98. The Morgan fingerprint density at radius 2 is 2.62 bits per heavy atom. The second-order valence-electron chi connectivity index (χ2n) is 2.17. The standard InChI is InChI=1S/C6H12N2/c1-3-6-4-5-7-8(6)2/h5-6H,3-4H2,1-2H3. The maximum Gasteiger partial charge on any atom is 0.0514 e. The first-order valence-corrected chi connectivity index (χ1v) is 3.10. The van der Waals surface area contributed by atoms with E-state index in [0.717, 1.165) is 6.42 Å². The average molecular weight is 112 g/mol. The number of nitrogens with zero attached hydrogens (tertiary/aromatic N) is 2. The van der Waals surface area contributed by atoms with Crippen LogP contribution in [0.3, 0.4) is 0 Å². The highest BCUT2D eigenvalue weighted by Gasteiger charge is 2.12. The Labute approximate surface area is 50.2 Å². The van der Waals surface area contributed by atoms with E-state index in [2.05, 4.69) is 12.0 Å². The van der Waals surface area contributed by atoms with E-state index in [0.29, 0.717) is 6.04 Å². The van der Waals surface area contributed by atoms with Crippen LogP contribution < -0.4 is 0 Å². The van der Waals surface area contributed by atoms with Crippen LogP contribution >= 0.6 is 0 Å². The van der Waals surface area contributed by atoms with Gasteiger partial charge in [-0.2, -0.15) is 5.10 Å². The minimum absolute atomic E-state index is 0.676. The second kappa shape index (κ2) is 2.16. The van der Waals surface area contributed by atoms with Crippen LogP contribution in [-0.4, -0.2) is 24.3 Å². The van der Waals surface area contributed by atoms with Gasteiger partial charge in [0, 0.05) is 19.7 Å². The lowest BCUT2D eigenvalue weighted by Crippen LogP contribution is -2.20. The molecule has 0 radical (unpaired) electrons. The molecule has 0 aromatic carbocycles. The molecule has 0 aromatic rings. The summed E-state index contributed by atoms with van der Waals surface area (Å²) >= 11 is 0. The normalized spacial score (nSPS) is 27.2. The molecule has 1 unspecified atom stereocenters. The number of hydrogen-bond acceptors (Lipinski definition) is 2. The van der Waals surface area contributed by atoms with E-state index in [-0.39, 0.29) is 0 Å². The van der Waals surface area contributed by atoms with E-state index in [1.807, 2.05) is 18.3 Å². The summed E-state index contributed by atoms with van der Waals surface area (Å²) in [7, 11) is 2.03. The highest BCUT2D eigenvalue weighted by Crippen LogP contribution is 2.10. The van der Waals surface area contributed by atoms with Crippen molar-refractivity contribution >= 4 is 6.21 Å². The smallest absolute Gasteiger partial charge is 0.0514 e. The molecule has 8 heavy (non-hydrogen) atoms. The molecule has 46 valence electrons. The van der Waals surface area contributed by atoms with Crippen LogP contribution in [-0.2, 0) is 0 Å². The molecule has 0 aromatic heterocycles. The maximum absolute atomic E-state index is 4.10. The zero-order valence-corrected chi connectivity index (χ0v) is 5.46. The number of hydrazone groups is 1. The quantitative estimate of drug-likeness (QED) is 0.495. The van der Waals surface area contributed by atoms with Gasteiger partial charge in [0.1, 0.15) is 0 Å². The minimum Gasteiger partial charge on any atom is -0.297 e. The zero-order valence-electron chi connectivity index (χ0n) is 5.46. The van der Waals surface area contributed by atoms with Gasteiger partial charge in [0.25, 0.3) is 0 Å². The van der Waals surface area contributed by atoms with Crippen molar-refractivity contribution in [2.24, 2.45) is 5.10 Å². The Morgan fingerprint density at radius 1 is 1.88 bits per heavy atom. The first kappa shape index (κ1) is 5.60. The Hall–Kier alpha value is -0.530. The molecule has 0 spiro atoms. The highest BCUT2D eigenvalue weighted by atomic mass is 15.5. The van der Waals surface area contributed by atoms with Gasteiger partial charge in [0.2, 0.25) is 0 Å². The molecule has 0 amide bonds. The van der Waals surface area contributed by atoms with Gasteiger partial charge in [-0.15, -0.1) is 0 Å². The van der Waals surface area contributed by atoms with Gasteiger partial charge in [0.15, 0.2) is 0 Å². The molecule has 1 atom stereocenters. The molecule has 1 aliphatic rings. The van der Waals surface area contributed by atoms with Crippen molar-refractivity contribution in [3.05, 3.63) is 0 Å². The Morgan fingerprint density at radius 3 is 2.88 bits per heavy atom. The molecule has 0 saturated carbocycles. The molecule has 1 rings (SSSR count). The van der Waals surface area contributed by atoms with Crippen LogP contribution in [0.2, 0.25) is 0 Å². The predicted octanol–water partition coefficient (Wildman–Crippen LogP) is 1.09. The lowest BCUT2D eigenvalue weighted by molar-refractivity contribution is 0.278. The monoisotopic (exact) mass is 112 g/mol. The van der Waals surface area contributed by atoms with Gasteiger partial charge in [-0.1, -0.05) is 6.92 Å². The van der Waals surface area contributed by atoms with Crippen molar-refractivity contribution < 1.29 is 0 Å². The van der Waals surface area contributed by atoms with Crippen molar-refractivity contribution in [1.29, 1.82) is 0 Å². The van der Waals surface area contributed by atoms with Crippen molar-refractivity contribution in [1.82, 2.24) is 5.01 Å². The summed E-state index contributed by atoms with van der Waals surface area (Å²) in [4.78, 5) is 0. The van der Waals surface area contributed by atoms with Gasteiger partial charge in [-0.3, -0.25) is 5.01 Å². The molecule has 1 heterocycles. The van der Waals surface area contributed by atoms with Gasteiger partial charge >= 0.3 is 0 Å². The van der Waals surface area contributed by atoms with Crippen LogP contribution in [0.15, 0.2) is 5.10 Å². The average Bonchev–Trinajstić information content (AvgIpc) is 2.14. The third-order valence-corrected chi connectivity index (χ3v) is 1.64. The number of rotatable bonds is 1. The minimum atomic E-state index is 0.676. The third kappa shape index (κ3) is 0.831. The summed E-state index contributed by atoms with van der Waals surface area (Å²) < 4.78 is 0. The second-order valence-corrected chi connectivity index (χ2v) is 2.17. The molecule has 0 bridgehead atoms. The van der Waals surface area contributed by atoms with Crippen LogP contribution in [0.5, 0.6) is 0 Å². The first-order chi connectivity index (χ1) is 3.84. The van der Waals surface area contributed by atoms with Gasteiger partial charge in [-0.05, 0) is 6.42 Å². The van der Waals surface area contributed by atoms with E-state index in [4.69, 9.17) is 0 Å². The highest BCUT2D eigenvalue weighted by molar-refractivity contribution is 5.59. The molecule has 1 aliphatic heterocycles. The van der Waals surface area contributed by atoms with Crippen LogP contribution in [0.4, 0.5) is 0 Å². The summed E-state index contributed by atoms with van der Waals surface area (Å²) in [5.74, 6) is 0. The van der Waals surface area contributed by atoms with Crippen LogP contribution in [0.1, 0.15) is 19.8 Å². The molecule has 2 heteroatoms. The molecule has 2 nitrogen and oxygen atoms in total. The summed E-state index contributed by atoms with van der Waals surface area (Å²) in [5.41, 5.74) is 0. The van der Waals surface area contributed by atoms with E-state index in [9.17, 15) is 0 Å². The van der Waals surface area contributed by atoms with Crippen LogP contribution in [0.25, 0.3) is 0 Å². The summed E-state index contributed by atoms with van der Waals surface area (Å²) in [6, 6.07) is 0.676. The lowest BCUT2D eigenvalue weighted by Gasteiger charge is -2.15. The summed E-state index contributed by atoms with van der Waals surface area (Å²) in [6.07, 6.45) is 4.32. The fraction of sp³-hybridized carbons (Fsp3) is 0.833. The lowest BCUT2D eigenvalue weighted by atomic mass is 10.2. The van der Waals surface area contributed by atoms with E-state index in [1.165, 1.54) is 6.42 Å². The topological polar surface area (TPSA) is 15.6 Å². The maximum atomic E-state index is 4.10. The Balaban J connectivity index is 2.38. The van der Waals surface area contributed by atoms with Crippen molar-refractivity contribution in [2.75, 3.05) is 7.05 Å². The van der Waals surface area contributed by atoms with E-state index >= 15 is 0 Å². The number of hydrogen-bond donors (Lipinski definition) is 0. The van der Waals surface area contributed by atoms with Crippen LogP contribution in [0, 0.1) is 0 Å². The molecule has 0 fully saturated rings. The van der Waals surface area contributed by atoms with Crippen molar-refractivity contribution in [3.63, 3.8) is 0 Å². The molecular formula is C6H12N2. The molecule has 0 N–H and O–H groups in total. The van der Waals surface area contributed by atoms with Gasteiger partial charge < -0.3 is 0 Å². The Bertz CT molecular complexity index is 98.7. The summed E-state index contributed by atoms with van der Waals surface area (Å²) in [6.45, 7) is 2.19. The molecule has 0 aliphatic carbocycles. The SMILES string of the molecule is CCC1CC=NN1C. The van der Waals surface area contributed by atoms with Crippen molar-refractivity contribution in [3.8, 4) is 0 Å². The molecular weight excluding hydrogens is 100 g/mol. The largest absolute Gasteiger partial charge is 0.297 e. The van der Waals surface area contributed by atoms with E-state index in [1.54, 1.807) is 0 Å². The Kier molecular flexibility index (Phi) is 1.51. The fourth-order valence-corrected chi connectivity index (χ4v) is 0.975. The third-order valence-electron chi connectivity index (χ3n) is 1.64. The molecule has 0 saturated heterocycles. The van der Waals surface area contributed by atoms with Gasteiger partial charge in [-0.25, -0.2) is 0 Å². The fourth-order valence-electron chi connectivity index (χ4n) is 0.975.